The van der Waals surface area contributed by atoms with Gasteiger partial charge >= 0.3 is 68.7 Å². The SMILES string of the molecule is C[Si](C)(C)O[Si](C)(C)O[Si](C)(C)O[Si](C)(CCCOCC(O)CO)O[Si](C)(C)C.C[Si](C)(C)O[Si](C)(C)O[Si](C)(CCCOCC(O)CO)O[Si](C)(C)C.C[Si](C)(C)O[Si](C)(CCCCOCC(O)CO)O[Si](C)(C)C.C[Si](C)(C)O[Si](C)(CCCOCC(O)CO)O[Si](C)(C)C.C[Si](C)(C)O[Si](CCCOCC(O)CO)(O[Si](C)(C)C)O[Si](C)(C)C. The van der Waals surface area contributed by atoms with Gasteiger partial charge in [-0.2, -0.15) is 0 Å². The largest absolute Gasteiger partial charge is 0.469 e. The Balaban J connectivity index is -0.000000470. The molecule has 7 atom stereocenters. The highest BCUT2D eigenvalue weighted by Crippen LogP contribution is 2.34. The van der Waals surface area contributed by atoms with Gasteiger partial charge in [-0.1, -0.05) is 0 Å². The van der Waals surface area contributed by atoms with Gasteiger partial charge in [-0.3, -0.25) is 0 Å². The molecule has 0 aliphatic rings. The van der Waals surface area contributed by atoms with Gasteiger partial charge in [0.15, 0.2) is 91.5 Å². The maximum absolute atomic E-state index is 9.39. The van der Waals surface area contributed by atoms with Gasteiger partial charge in [0, 0.05) is 39.1 Å². The normalized spacial score (nSPS) is 16.2. The molecule has 10 N–H and O–H groups in total. The number of unbranched alkanes of at least 4 members (excludes halogenated alkanes) is 1. The van der Waals surface area contributed by atoms with E-state index in [0.717, 1.165) is 68.7 Å². The fourth-order valence-electron chi connectivity index (χ4n) is 13.0. The van der Waals surface area contributed by atoms with Crippen molar-refractivity contribution in [1.29, 1.82) is 0 Å². The predicted octanol–water partition coefficient (Wildman–Crippen LogP) is 15.9. The van der Waals surface area contributed by atoms with Crippen LogP contribution in [0, 0.1) is 0 Å². The summed E-state index contributed by atoms with van der Waals surface area (Å²) in [6, 6.07) is 4.23. The van der Waals surface area contributed by atoms with Gasteiger partial charge in [0.05, 0.1) is 66.1 Å². The molecule has 122 heavy (non-hydrogen) atoms. The first-order chi connectivity index (χ1) is 54.2. The first-order valence-electron chi connectivity index (χ1n) is 44.3. The summed E-state index contributed by atoms with van der Waals surface area (Å²) in [5.74, 6) is 0. The van der Waals surface area contributed by atoms with Crippen LogP contribution < -0.4 is 0 Å². The van der Waals surface area contributed by atoms with Crippen LogP contribution in [-0.2, 0) is 81.3 Å². The van der Waals surface area contributed by atoms with E-state index in [-0.39, 0.29) is 66.1 Å². The zero-order valence-corrected chi connectivity index (χ0v) is 105. The van der Waals surface area contributed by atoms with E-state index in [2.05, 4.69) is 282 Å². The van der Waals surface area contributed by atoms with E-state index in [1.165, 1.54) is 0 Å². The number of aliphatic hydroxyl groups is 10. The Labute approximate surface area is 766 Å². The summed E-state index contributed by atoms with van der Waals surface area (Å²) < 4.78 is 118. The Kier molecular flexibility index (Phi) is 65.5. The van der Waals surface area contributed by atoms with Crippen LogP contribution in [0.3, 0.4) is 0 Å². The van der Waals surface area contributed by atoms with Crippen LogP contribution in [0.15, 0.2) is 0 Å². The van der Waals surface area contributed by atoms with Gasteiger partial charge in [-0.05, 0) is 344 Å². The van der Waals surface area contributed by atoms with Crippen LogP contribution in [-0.4, -0.2) is 341 Å². The van der Waals surface area contributed by atoms with E-state index in [1.54, 1.807) is 0 Å². The van der Waals surface area contributed by atoms with E-state index < -0.39 is 191 Å². The molecule has 0 aromatic heterocycles. The van der Waals surface area contributed by atoms with Gasteiger partial charge < -0.3 is 132 Å². The molecule has 0 saturated heterocycles. The molecule has 0 bridgehead atoms. The van der Waals surface area contributed by atoms with Crippen LogP contribution in [0.2, 0.25) is 312 Å². The fourth-order valence-corrected chi connectivity index (χ4v) is 93.9. The van der Waals surface area contributed by atoms with Gasteiger partial charge in [-0.15, -0.1) is 0 Å². The van der Waals surface area contributed by atoms with Crippen molar-refractivity contribution in [2.45, 2.75) is 381 Å². The molecule has 7 unspecified atom stereocenters. The molecule has 0 spiro atoms. The highest BCUT2D eigenvalue weighted by Gasteiger charge is 2.51. The molecule has 0 aromatic rings. The maximum atomic E-state index is 9.39. The lowest BCUT2D eigenvalue weighted by Gasteiger charge is -2.43. The van der Waals surface area contributed by atoms with E-state index in [9.17, 15) is 25.5 Å². The maximum Gasteiger partial charge on any atom is 0.469 e. The summed E-state index contributed by atoms with van der Waals surface area (Å²) in [4.78, 5) is 0. The molecule has 0 radical (unpaired) electrons. The molecular formula is C74H196O29Si19. The molecule has 0 saturated carbocycles. The highest BCUT2D eigenvalue weighted by molar-refractivity contribution is 6.93. The Bertz CT molecular complexity index is 2560. The smallest absolute Gasteiger partial charge is 0.437 e. The van der Waals surface area contributed by atoms with Crippen LogP contribution in [0.25, 0.3) is 0 Å². The quantitative estimate of drug-likeness (QED) is 0.0200. The van der Waals surface area contributed by atoms with E-state index in [4.69, 9.17) is 107 Å². The first-order valence-corrected chi connectivity index (χ1v) is 102. The summed E-state index contributed by atoms with van der Waals surface area (Å²) >= 11 is 0. The third-order valence-corrected chi connectivity index (χ3v) is 76.6. The molecule has 742 valence electrons. The topological polar surface area (TPSA) is 378 Å². The first kappa shape index (κ1) is 133. The third kappa shape index (κ3) is 89.5. The summed E-state index contributed by atoms with van der Waals surface area (Å²) in [6.45, 7) is 95.5. The van der Waals surface area contributed by atoms with E-state index >= 15 is 0 Å². The second kappa shape index (κ2) is 59.8. The van der Waals surface area contributed by atoms with Crippen molar-refractivity contribution in [1.82, 2.24) is 0 Å². The molecule has 0 aliphatic heterocycles. The Morgan fingerprint density at radius 1 is 0.172 bits per heavy atom. The average molecular weight is 2080 g/mol. The van der Waals surface area contributed by atoms with E-state index in [0.29, 0.717) is 33.0 Å². The summed E-state index contributed by atoms with van der Waals surface area (Å²) in [7, 11) is -37.9. The zero-order chi connectivity index (χ0) is 97.2. The van der Waals surface area contributed by atoms with Gasteiger partial charge in [0.1, 0.15) is 30.5 Å². The van der Waals surface area contributed by atoms with Crippen molar-refractivity contribution in [3.05, 3.63) is 0 Å². The van der Waals surface area contributed by atoms with Crippen molar-refractivity contribution >= 4 is 160 Å². The number of rotatable bonds is 64. The highest BCUT2D eigenvalue weighted by atomic mass is 28.5. The minimum absolute atomic E-state index is 0.141. The molecule has 0 aromatic carbocycles. The van der Waals surface area contributed by atoms with Crippen LogP contribution >= 0.6 is 0 Å². The molecular weight excluding hydrogens is 1890 g/mol. The lowest BCUT2D eigenvalue weighted by molar-refractivity contribution is 0.00550. The summed E-state index contributed by atoms with van der Waals surface area (Å²) in [5.41, 5.74) is 0. The van der Waals surface area contributed by atoms with Crippen LogP contribution in [0.1, 0.15) is 38.5 Å². The molecule has 0 aliphatic carbocycles. The lowest BCUT2D eigenvalue weighted by Crippen LogP contribution is -2.60. The Morgan fingerprint density at radius 2 is 0.328 bits per heavy atom. The Hall–Kier alpha value is 2.96. The van der Waals surface area contributed by atoms with Crippen LogP contribution in [0.4, 0.5) is 0 Å². The second-order valence-electron chi connectivity index (χ2n) is 44.5. The second-order valence-corrected chi connectivity index (χ2v) is 124. The molecule has 0 fully saturated rings. The van der Waals surface area contributed by atoms with Crippen molar-refractivity contribution < 1.29 is 132 Å². The number of hydrogen-bond acceptors (Lipinski definition) is 29. The van der Waals surface area contributed by atoms with Gasteiger partial charge in [0.2, 0.25) is 0 Å². The fraction of sp³-hybridized carbons (Fsp3) is 1.00. The van der Waals surface area contributed by atoms with Crippen molar-refractivity contribution in [3.8, 4) is 0 Å². The minimum atomic E-state index is -2.79. The average Bonchev–Trinajstić information content (AvgIpc) is 0.808. The molecule has 0 amide bonds. The van der Waals surface area contributed by atoms with Crippen molar-refractivity contribution in [2.24, 2.45) is 0 Å². The summed E-state index contributed by atoms with van der Waals surface area (Å²) in [5, 5.41) is 90.4. The molecule has 48 heteroatoms. The van der Waals surface area contributed by atoms with E-state index in [1.807, 2.05) is 0 Å². The Morgan fingerprint density at radius 3 is 0.516 bits per heavy atom. The number of ether oxygens (including phenoxy) is 5. The summed E-state index contributed by atoms with van der Waals surface area (Å²) in [6.07, 6.45) is 1.11. The van der Waals surface area contributed by atoms with Crippen molar-refractivity contribution in [3.63, 3.8) is 0 Å². The van der Waals surface area contributed by atoms with Gasteiger partial charge in [-0.25, -0.2) is 0 Å². The monoisotopic (exact) mass is 2080 g/mol. The molecule has 0 rings (SSSR count). The standard InChI is InChI=1S/C17H46O7Si5.2C15H40O6Si4.C14H36O5Si3.C13H34O5Si3/c1-25(2,3)21-27(7,8)23-28(9,10)24-29(11,22-26(4,5)6)14-12-13-20-16-17(19)15-18;1-22(2,3)19-24(7,8)21-25(9,20-23(4,5)6)12-10-11-18-14-15(17)13-16;1-22(2,3)19-25(20-23(4,5)6,21-24(7,8)9)12-10-11-18-14-15(17)13-16;1-20(2,3)18-22(7,19-21(4,5)6)11-9-8-10-17-13-14(16)12-15;1-19(2,3)17-21(7,18-20(4,5)6)10-8-9-16-12-13(15)11-14/h17-19H,12-16H2,1-11H3;2*15-17H,10-14H2,1-9H3;14-16H,8-13H2,1-7H3;13-15H,8-12H2,1-7H3. The number of hydrogen-bond donors (Lipinski definition) is 10. The third-order valence-electron chi connectivity index (χ3n) is 14.3. The van der Waals surface area contributed by atoms with Crippen molar-refractivity contribution in [2.75, 3.05) is 99.1 Å². The molecule has 0 heterocycles. The van der Waals surface area contributed by atoms with Gasteiger partial charge in [0.25, 0.3) is 0 Å². The molecule has 29 nitrogen and oxygen atoms in total. The predicted molar refractivity (Wildman–Crippen MR) is 548 cm³/mol. The minimum Gasteiger partial charge on any atom is -0.437 e. The lowest BCUT2D eigenvalue weighted by atomic mass is 10.3. The zero-order valence-electron chi connectivity index (χ0n) is 86.0. The van der Waals surface area contributed by atoms with Crippen LogP contribution in [0.5, 0.6) is 0 Å². The number of aliphatic hydroxyl groups excluding tert-OH is 10.